The maximum atomic E-state index is 14.4. The van der Waals surface area contributed by atoms with E-state index < -0.39 is 42.1 Å². The third-order valence-electron chi connectivity index (χ3n) is 12.5. The number of carbonyl (C=O) groups excluding carboxylic acids is 4. The number of ether oxygens (including phenoxy) is 2. The van der Waals surface area contributed by atoms with Gasteiger partial charge in [0.1, 0.15) is 12.2 Å². The van der Waals surface area contributed by atoms with Crippen molar-refractivity contribution in [1.29, 1.82) is 0 Å². The lowest BCUT2D eigenvalue weighted by Gasteiger charge is -2.43. The Morgan fingerprint density at radius 2 is 1.24 bits per heavy atom. The highest BCUT2D eigenvalue weighted by molar-refractivity contribution is 6.07. The van der Waals surface area contributed by atoms with E-state index in [1.54, 1.807) is 22.8 Å². The van der Waals surface area contributed by atoms with Crippen LogP contribution in [0.3, 0.4) is 0 Å². The first-order valence-electron chi connectivity index (χ1n) is 22.2. The van der Waals surface area contributed by atoms with Crippen LogP contribution in [0.2, 0.25) is 0 Å². The van der Waals surface area contributed by atoms with Gasteiger partial charge in [0.15, 0.2) is 0 Å². The van der Waals surface area contributed by atoms with Crippen LogP contribution >= 0.6 is 0 Å². The smallest absolute Gasteiger partial charge is 0.331 e. The molecule has 1 heterocycles. The fourth-order valence-electron chi connectivity index (χ4n) is 9.41. The van der Waals surface area contributed by atoms with Crippen LogP contribution in [0.15, 0.2) is 169 Å². The average molecular weight is 893 g/mol. The summed E-state index contributed by atoms with van der Waals surface area (Å²) in [6, 6.07) is 36.2. The molecule has 8 rings (SSSR count). The van der Waals surface area contributed by atoms with Crippen LogP contribution in [-0.2, 0) is 28.7 Å². The van der Waals surface area contributed by atoms with Crippen LogP contribution in [0.1, 0.15) is 52.4 Å². The predicted octanol–water partition coefficient (Wildman–Crippen LogP) is 9.68. The highest BCUT2D eigenvalue weighted by Gasteiger charge is 2.56. The van der Waals surface area contributed by atoms with Gasteiger partial charge < -0.3 is 9.47 Å². The SMILES string of the molecule is C[C@@H](/C=C\C(=O)N(c1ccccc1)c1ccccc1)OC(=O)/C=C/C1=CCCC([N+](=O)[O-])C1.C[C@@H]1OC(=O)[C@H]2C=C3C[C@@H]([N+](=O)[O-])CC[C@@H]3[C@@H](C(=O)N(c3ccccc3)c3ccccc3)[C@@H]12. The van der Waals surface area contributed by atoms with E-state index in [-0.39, 0.29) is 45.9 Å². The number of nitro groups is 2. The van der Waals surface area contributed by atoms with Gasteiger partial charge in [-0.3, -0.25) is 44.4 Å². The van der Waals surface area contributed by atoms with E-state index in [4.69, 9.17) is 9.47 Å². The van der Waals surface area contributed by atoms with Gasteiger partial charge in [-0.25, -0.2) is 4.79 Å². The minimum absolute atomic E-state index is 0.0947. The van der Waals surface area contributed by atoms with Crippen molar-refractivity contribution in [1.82, 2.24) is 0 Å². The molecule has 0 aromatic heterocycles. The van der Waals surface area contributed by atoms with Gasteiger partial charge in [-0.2, -0.15) is 0 Å². The largest absolute Gasteiger partial charge is 0.462 e. The van der Waals surface area contributed by atoms with Crippen LogP contribution in [-0.4, -0.2) is 57.9 Å². The first-order valence-corrected chi connectivity index (χ1v) is 22.2. The lowest BCUT2D eigenvalue weighted by molar-refractivity contribution is -0.524. The van der Waals surface area contributed by atoms with Gasteiger partial charge in [0.2, 0.25) is 18.0 Å². The molecule has 14 heteroatoms. The first kappa shape index (κ1) is 46.5. The monoisotopic (exact) mass is 892 g/mol. The zero-order valence-corrected chi connectivity index (χ0v) is 36.7. The predicted molar refractivity (Wildman–Crippen MR) is 249 cm³/mol. The number of hydrogen-bond acceptors (Lipinski definition) is 10. The third-order valence-corrected chi connectivity index (χ3v) is 12.5. The molecule has 1 aliphatic heterocycles. The summed E-state index contributed by atoms with van der Waals surface area (Å²) in [5.41, 5.74) is 4.55. The Hall–Kier alpha value is -7.48. The molecule has 8 atom stereocenters. The number of amides is 2. The van der Waals surface area contributed by atoms with E-state index >= 15 is 0 Å². The molecule has 4 aromatic carbocycles. The van der Waals surface area contributed by atoms with Gasteiger partial charge in [-0.1, -0.05) is 96.6 Å². The Balaban J connectivity index is 0.000000196. The number of para-hydroxylation sites is 4. The summed E-state index contributed by atoms with van der Waals surface area (Å²) in [7, 11) is 0. The normalized spacial score (nSPS) is 23.7. The molecule has 4 aromatic rings. The second-order valence-electron chi connectivity index (χ2n) is 16.9. The number of rotatable bonds is 12. The number of benzene rings is 4. The third kappa shape index (κ3) is 11.1. The van der Waals surface area contributed by atoms with Crippen molar-refractivity contribution >= 4 is 46.5 Å². The zero-order valence-electron chi connectivity index (χ0n) is 36.7. The number of esters is 2. The molecule has 1 unspecified atom stereocenters. The van der Waals surface area contributed by atoms with E-state index in [2.05, 4.69) is 0 Å². The Kier molecular flexibility index (Phi) is 15.1. The molecule has 1 saturated carbocycles. The number of cyclic esters (lactones) is 1. The van der Waals surface area contributed by atoms with E-state index in [1.165, 1.54) is 18.2 Å². The summed E-state index contributed by atoms with van der Waals surface area (Å²) in [6.07, 6.45) is 11.2. The van der Waals surface area contributed by atoms with Crippen molar-refractivity contribution in [2.75, 3.05) is 9.80 Å². The molecule has 14 nitrogen and oxygen atoms in total. The van der Waals surface area contributed by atoms with E-state index in [9.17, 15) is 39.4 Å². The molecule has 3 aliphatic carbocycles. The first-order chi connectivity index (χ1) is 31.9. The minimum atomic E-state index is -0.672. The van der Waals surface area contributed by atoms with Gasteiger partial charge >= 0.3 is 11.9 Å². The molecular weight excluding hydrogens is 841 g/mol. The Bertz CT molecular complexity index is 2430. The molecule has 340 valence electrons. The van der Waals surface area contributed by atoms with Gasteiger partial charge in [0, 0.05) is 76.3 Å². The molecule has 0 radical (unpaired) electrons. The highest BCUT2D eigenvalue weighted by Crippen LogP contribution is 2.51. The zero-order chi connectivity index (χ0) is 46.7. The number of carbonyl (C=O) groups is 4. The lowest BCUT2D eigenvalue weighted by Crippen LogP contribution is -2.48. The summed E-state index contributed by atoms with van der Waals surface area (Å²) in [6.45, 7) is 3.51. The Labute approximate surface area is 383 Å². The van der Waals surface area contributed by atoms with Crippen LogP contribution in [0.25, 0.3) is 0 Å². The molecule has 0 N–H and O–H groups in total. The van der Waals surface area contributed by atoms with Gasteiger partial charge in [0.05, 0.1) is 11.8 Å². The number of anilines is 4. The average Bonchev–Trinajstić information content (AvgIpc) is 3.62. The summed E-state index contributed by atoms with van der Waals surface area (Å²) < 4.78 is 10.9. The van der Waals surface area contributed by atoms with E-state index in [0.717, 1.165) is 33.9 Å². The number of hydrogen-bond donors (Lipinski definition) is 0. The summed E-state index contributed by atoms with van der Waals surface area (Å²) in [5.74, 6) is -2.75. The van der Waals surface area contributed by atoms with E-state index in [0.29, 0.717) is 32.1 Å². The van der Waals surface area contributed by atoms with Crippen molar-refractivity contribution in [2.45, 2.75) is 76.7 Å². The molecule has 2 fully saturated rings. The van der Waals surface area contributed by atoms with Crippen molar-refractivity contribution in [3.05, 3.63) is 189 Å². The number of allylic oxidation sites excluding steroid dienone is 2. The minimum Gasteiger partial charge on any atom is -0.462 e. The molecule has 2 amide bonds. The fourth-order valence-corrected chi connectivity index (χ4v) is 9.41. The molecule has 1 saturated heterocycles. The summed E-state index contributed by atoms with van der Waals surface area (Å²) in [5, 5.41) is 22.4. The topological polar surface area (TPSA) is 180 Å². The van der Waals surface area contributed by atoms with E-state index in [1.807, 2.05) is 140 Å². The molecular formula is C52H52N4O10. The number of fused-ring (bicyclic) bond motifs is 2. The Morgan fingerprint density at radius 3 is 1.77 bits per heavy atom. The van der Waals surface area contributed by atoms with Gasteiger partial charge in [0.25, 0.3) is 5.91 Å². The van der Waals surface area contributed by atoms with Crippen molar-refractivity contribution in [3.8, 4) is 0 Å². The standard InChI is InChI=1S/2C26H26N2O5/c1-16-23-22(26(30)33-16)15-17-14-20(28(31)32)12-13-21(17)24(23)25(29)27(18-8-4-2-5-9-18)19-10-6-3-7-11-19;1-20(33-26(30)18-16-21-9-8-14-24(19-21)28(31)32)15-17-25(29)27(22-10-4-2-5-11-22)23-12-6-3-7-13-23/h2-11,15-16,20-24H,12-14H2,1H3;2-7,9-13,15-18,20,24H,8,14,19H2,1H3/b;17-15-,18-16+/t16-,20-,21-,22-,23-,24+;20-,24?/m00/s1. The van der Waals surface area contributed by atoms with Crippen molar-refractivity contribution in [3.63, 3.8) is 0 Å². The van der Waals surface area contributed by atoms with Gasteiger partial charge in [-0.15, -0.1) is 0 Å². The molecule has 66 heavy (non-hydrogen) atoms. The quantitative estimate of drug-likeness (QED) is 0.0437. The lowest BCUT2D eigenvalue weighted by atomic mass is 9.61. The second kappa shape index (κ2) is 21.5. The van der Waals surface area contributed by atoms with Crippen LogP contribution in [0, 0.1) is 43.9 Å². The number of nitrogens with zero attached hydrogens (tertiary/aromatic N) is 4. The molecule has 0 bridgehead atoms. The molecule has 4 aliphatic rings. The summed E-state index contributed by atoms with van der Waals surface area (Å²) in [4.78, 5) is 77.4. The maximum Gasteiger partial charge on any atom is 0.331 e. The van der Waals surface area contributed by atoms with Crippen LogP contribution < -0.4 is 9.80 Å². The Morgan fingerprint density at radius 1 is 0.727 bits per heavy atom. The van der Waals surface area contributed by atoms with Crippen molar-refractivity contribution < 1.29 is 38.5 Å². The summed E-state index contributed by atoms with van der Waals surface area (Å²) >= 11 is 0. The van der Waals surface area contributed by atoms with Crippen LogP contribution in [0.4, 0.5) is 22.7 Å². The maximum absolute atomic E-state index is 14.4. The van der Waals surface area contributed by atoms with Crippen molar-refractivity contribution in [2.24, 2.45) is 23.7 Å². The fraction of sp³-hybridized carbons (Fsp3) is 0.308. The molecule has 0 spiro atoms. The highest BCUT2D eigenvalue weighted by atomic mass is 16.6. The second-order valence-corrected chi connectivity index (χ2v) is 16.9. The van der Waals surface area contributed by atoms with Crippen LogP contribution in [0.5, 0.6) is 0 Å². The van der Waals surface area contributed by atoms with Gasteiger partial charge in [-0.05, 0) is 92.8 Å².